The van der Waals surface area contributed by atoms with E-state index in [0.717, 1.165) is 11.1 Å². The number of hydrogen-bond acceptors (Lipinski definition) is 7. The van der Waals surface area contributed by atoms with Crippen molar-refractivity contribution in [3.8, 4) is 28.7 Å². The fraction of sp³-hybridized carbons (Fsp3) is 0.154. The summed E-state index contributed by atoms with van der Waals surface area (Å²) in [6.07, 6.45) is 1.78. The molecule has 1 atom stereocenters. The highest BCUT2D eigenvalue weighted by Gasteiger charge is 2.39. The van der Waals surface area contributed by atoms with Crippen LogP contribution in [0.3, 0.4) is 0 Å². The van der Waals surface area contributed by atoms with Crippen LogP contribution in [0.4, 0.5) is 0 Å². The minimum atomic E-state index is -0.357. The highest BCUT2D eigenvalue weighted by atomic mass is 16.7. The lowest BCUT2D eigenvalue weighted by Gasteiger charge is -2.26. The third kappa shape index (κ3) is 3.12. The summed E-state index contributed by atoms with van der Waals surface area (Å²) in [6.45, 7) is 0.159. The molecule has 7 heteroatoms. The van der Waals surface area contributed by atoms with Crippen LogP contribution < -0.4 is 23.7 Å². The highest BCUT2D eigenvalue weighted by molar-refractivity contribution is 6.15. The van der Waals surface area contributed by atoms with Crippen molar-refractivity contribution >= 4 is 17.8 Å². The molecule has 0 unspecified atom stereocenters. The van der Waals surface area contributed by atoms with Crippen LogP contribution in [0.5, 0.6) is 28.7 Å². The number of hydrogen-bond donors (Lipinski definition) is 0. The number of fused-ring (bicyclic) bond motifs is 4. The van der Waals surface area contributed by atoms with Crippen molar-refractivity contribution in [2.45, 2.75) is 12.3 Å². The molecule has 0 radical (unpaired) electrons. The van der Waals surface area contributed by atoms with Crippen molar-refractivity contribution < 1.29 is 33.3 Å². The number of ether oxygens (including phenoxy) is 5. The standard InChI is InChI=1S/C26H18O7/c1-29-18-5-3-2-4-15(18)11-22-25(28)16-7-9-20-24(26(16)33-22)17(12-23(27)32-20)14-6-8-19-21(10-14)31-13-30-19/h2-11,17H,12-13H2,1H3/b22-11-/t17-/m1/s1. The molecule has 3 aromatic rings. The maximum Gasteiger partial charge on any atom is 0.312 e. The first-order valence-corrected chi connectivity index (χ1v) is 10.5. The van der Waals surface area contributed by atoms with E-state index in [1.807, 2.05) is 42.5 Å². The lowest BCUT2D eigenvalue weighted by molar-refractivity contribution is -0.135. The molecule has 0 saturated heterocycles. The molecular formula is C26H18O7. The normalized spacial score (nSPS) is 19.1. The second-order valence-electron chi connectivity index (χ2n) is 7.88. The summed E-state index contributed by atoms with van der Waals surface area (Å²) in [5, 5.41) is 0. The average molecular weight is 442 g/mol. The number of esters is 1. The minimum absolute atomic E-state index is 0.117. The van der Waals surface area contributed by atoms with Crippen LogP contribution in [0.2, 0.25) is 0 Å². The molecule has 0 saturated carbocycles. The van der Waals surface area contributed by atoms with E-state index in [-0.39, 0.29) is 36.6 Å². The smallest absolute Gasteiger partial charge is 0.312 e. The van der Waals surface area contributed by atoms with E-state index in [1.165, 1.54) is 0 Å². The van der Waals surface area contributed by atoms with Crippen LogP contribution in [-0.4, -0.2) is 25.7 Å². The van der Waals surface area contributed by atoms with Crippen molar-refractivity contribution in [2.24, 2.45) is 0 Å². The van der Waals surface area contributed by atoms with Gasteiger partial charge in [0, 0.05) is 17.0 Å². The Morgan fingerprint density at radius 3 is 2.64 bits per heavy atom. The first-order chi connectivity index (χ1) is 16.1. The monoisotopic (exact) mass is 442 g/mol. The van der Waals surface area contributed by atoms with Crippen LogP contribution in [0.1, 0.15) is 39.4 Å². The molecule has 0 bridgehead atoms. The number of ketones is 1. The number of carbonyl (C=O) groups is 2. The van der Waals surface area contributed by atoms with Crippen LogP contribution in [0.25, 0.3) is 6.08 Å². The number of carbonyl (C=O) groups excluding carboxylic acids is 2. The molecule has 164 valence electrons. The largest absolute Gasteiger partial charge is 0.496 e. The fourth-order valence-corrected chi connectivity index (χ4v) is 4.45. The van der Waals surface area contributed by atoms with Gasteiger partial charge in [-0.1, -0.05) is 24.3 Å². The van der Waals surface area contributed by atoms with Crippen LogP contribution in [-0.2, 0) is 4.79 Å². The SMILES string of the molecule is COc1ccccc1/C=C1\Oc2c(ccc3c2[C@@H](c2ccc4c(c2)OCO4)CC(=O)O3)C1=O. The second-order valence-corrected chi connectivity index (χ2v) is 7.88. The zero-order chi connectivity index (χ0) is 22.5. The Balaban J connectivity index is 1.45. The quantitative estimate of drug-likeness (QED) is 0.336. The van der Waals surface area contributed by atoms with Crippen molar-refractivity contribution in [3.05, 3.63) is 82.6 Å². The summed E-state index contributed by atoms with van der Waals surface area (Å²) in [5.41, 5.74) is 2.67. The van der Waals surface area contributed by atoms with E-state index in [9.17, 15) is 9.59 Å². The Labute approximate surface area is 189 Å². The average Bonchev–Trinajstić information content (AvgIpc) is 3.42. The van der Waals surface area contributed by atoms with Gasteiger partial charge in [0.25, 0.3) is 0 Å². The molecule has 3 heterocycles. The van der Waals surface area contributed by atoms with Gasteiger partial charge in [-0.2, -0.15) is 0 Å². The van der Waals surface area contributed by atoms with Crippen molar-refractivity contribution in [1.29, 1.82) is 0 Å². The molecule has 0 aromatic heterocycles. The summed E-state index contributed by atoms with van der Waals surface area (Å²) in [6, 6.07) is 16.2. The second kappa shape index (κ2) is 7.41. The van der Waals surface area contributed by atoms with E-state index in [0.29, 0.717) is 39.9 Å². The number of Topliss-reactive ketones (excluding diaryl/α,β-unsaturated/α-hetero) is 1. The van der Waals surface area contributed by atoms with Crippen LogP contribution in [0, 0.1) is 0 Å². The maximum atomic E-state index is 13.2. The lowest BCUT2D eigenvalue weighted by atomic mass is 9.84. The van der Waals surface area contributed by atoms with Crippen LogP contribution in [0.15, 0.2) is 60.4 Å². The number of allylic oxidation sites excluding steroid dienone is 1. The molecule has 3 aliphatic rings. The van der Waals surface area contributed by atoms with Gasteiger partial charge in [0.1, 0.15) is 17.2 Å². The molecule has 0 aliphatic carbocycles. The Morgan fingerprint density at radius 2 is 1.76 bits per heavy atom. The van der Waals surface area contributed by atoms with Gasteiger partial charge in [0.15, 0.2) is 17.3 Å². The minimum Gasteiger partial charge on any atom is -0.496 e. The van der Waals surface area contributed by atoms with E-state index in [4.69, 9.17) is 23.7 Å². The van der Waals surface area contributed by atoms with E-state index < -0.39 is 0 Å². The first kappa shape index (κ1) is 19.4. The van der Waals surface area contributed by atoms with Gasteiger partial charge in [-0.25, -0.2) is 0 Å². The Kier molecular flexibility index (Phi) is 4.36. The van der Waals surface area contributed by atoms with Crippen molar-refractivity contribution in [2.75, 3.05) is 13.9 Å². The topological polar surface area (TPSA) is 80.3 Å². The first-order valence-electron chi connectivity index (χ1n) is 10.5. The number of methoxy groups -OCH3 is 1. The van der Waals surface area contributed by atoms with Crippen LogP contribution >= 0.6 is 0 Å². The Hall–Kier alpha value is -4.26. The van der Waals surface area contributed by atoms with Gasteiger partial charge in [-0.15, -0.1) is 0 Å². The van der Waals surface area contributed by atoms with E-state index >= 15 is 0 Å². The van der Waals surface area contributed by atoms with Gasteiger partial charge < -0.3 is 23.7 Å². The molecule has 33 heavy (non-hydrogen) atoms. The summed E-state index contributed by atoms with van der Waals surface area (Å²) >= 11 is 0. The maximum absolute atomic E-state index is 13.2. The van der Waals surface area contributed by atoms with Gasteiger partial charge in [0.2, 0.25) is 12.6 Å². The molecule has 0 amide bonds. The number of benzene rings is 3. The predicted molar refractivity (Wildman–Crippen MR) is 117 cm³/mol. The zero-order valence-electron chi connectivity index (χ0n) is 17.6. The number of rotatable bonds is 3. The summed E-state index contributed by atoms with van der Waals surface area (Å²) in [5.74, 6) is 1.95. The molecular weight excluding hydrogens is 424 g/mol. The predicted octanol–water partition coefficient (Wildman–Crippen LogP) is 4.48. The molecule has 0 N–H and O–H groups in total. The lowest BCUT2D eigenvalue weighted by Crippen LogP contribution is -2.21. The van der Waals surface area contributed by atoms with Gasteiger partial charge in [-0.05, 0) is 42.0 Å². The molecule has 6 rings (SSSR count). The third-order valence-corrected chi connectivity index (χ3v) is 6.00. The van der Waals surface area contributed by atoms with E-state index in [2.05, 4.69) is 0 Å². The summed E-state index contributed by atoms with van der Waals surface area (Å²) in [7, 11) is 1.57. The molecule has 0 spiro atoms. The molecule has 0 fully saturated rings. The van der Waals surface area contributed by atoms with Gasteiger partial charge >= 0.3 is 5.97 Å². The van der Waals surface area contributed by atoms with Gasteiger partial charge in [0.05, 0.1) is 19.1 Å². The zero-order valence-corrected chi connectivity index (χ0v) is 17.6. The van der Waals surface area contributed by atoms with Crippen molar-refractivity contribution in [3.63, 3.8) is 0 Å². The number of para-hydroxylation sites is 1. The fourth-order valence-electron chi connectivity index (χ4n) is 4.45. The molecule has 3 aliphatic heterocycles. The highest BCUT2D eigenvalue weighted by Crippen LogP contribution is 2.50. The molecule has 3 aromatic carbocycles. The Bertz CT molecular complexity index is 1350. The van der Waals surface area contributed by atoms with E-state index in [1.54, 1.807) is 25.3 Å². The van der Waals surface area contributed by atoms with Crippen molar-refractivity contribution in [1.82, 2.24) is 0 Å². The van der Waals surface area contributed by atoms with Gasteiger partial charge in [-0.3, -0.25) is 9.59 Å². The third-order valence-electron chi connectivity index (χ3n) is 6.00. The molecule has 7 nitrogen and oxygen atoms in total. The summed E-state index contributed by atoms with van der Waals surface area (Å²) < 4.78 is 27.9. The Morgan fingerprint density at radius 1 is 0.939 bits per heavy atom. The summed E-state index contributed by atoms with van der Waals surface area (Å²) in [4.78, 5) is 25.5.